The Bertz CT molecular complexity index is 2660. The number of amides is 2. The number of carbonyl (C=O) groups is 4. The Morgan fingerprint density at radius 1 is 0.836 bits per heavy atom. The van der Waals surface area contributed by atoms with Crippen molar-refractivity contribution in [1.29, 1.82) is 5.26 Å². The normalized spacial score (nSPS) is 16.0. The van der Waals surface area contributed by atoms with Gasteiger partial charge in [0.15, 0.2) is 11.9 Å². The van der Waals surface area contributed by atoms with Crippen LogP contribution in [0.3, 0.4) is 0 Å². The van der Waals surface area contributed by atoms with Crippen molar-refractivity contribution in [2.45, 2.75) is 50.6 Å². The summed E-state index contributed by atoms with van der Waals surface area (Å²) in [5, 5.41) is 23.1. The standard InChI is InChI=1S/C49H37Cl2N3O7/c50-40-7-4-8-41(51)39(40)28-60-38-19-17-33(18-20-38)46-44(55)24-36-22-35-23-43(54(27-37(35)25-45(36)61-46)48(57)34-5-2-1-3-6-34)47(56)53-42(49(58)59)21-29-9-13-31(14-10-29)32-15-11-30(26-52)12-16-32/h1-20,22,25,42-43,46H,21,23-24,27-28H2,(H,53,56)(H,58,59)/t42-,43-,46?/m0/s1. The molecule has 2 aliphatic rings. The highest BCUT2D eigenvalue weighted by Crippen LogP contribution is 2.38. The van der Waals surface area contributed by atoms with E-state index in [2.05, 4.69) is 11.4 Å². The van der Waals surface area contributed by atoms with Gasteiger partial charge in [0, 0.05) is 58.1 Å². The Balaban J connectivity index is 0.996. The number of nitrogens with zero attached hydrogens (tertiary/aromatic N) is 2. The fraction of sp³-hybridized carbons (Fsp3) is 0.163. The first-order valence-corrected chi connectivity index (χ1v) is 20.3. The van der Waals surface area contributed by atoms with E-state index >= 15 is 0 Å². The lowest BCUT2D eigenvalue weighted by molar-refractivity contribution is -0.142. The first-order chi connectivity index (χ1) is 29.5. The number of halogens is 2. The highest BCUT2D eigenvalue weighted by molar-refractivity contribution is 6.36. The molecule has 12 heteroatoms. The molecule has 0 fully saturated rings. The largest absolute Gasteiger partial charge is 0.489 e. The zero-order chi connectivity index (χ0) is 42.6. The summed E-state index contributed by atoms with van der Waals surface area (Å²) < 4.78 is 12.3. The number of nitriles is 1. The molecule has 0 bridgehead atoms. The molecule has 6 aromatic carbocycles. The minimum atomic E-state index is -1.28. The first-order valence-electron chi connectivity index (χ1n) is 19.5. The van der Waals surface area contributed by atoms with Crippen LogP contribution in [-0.4, -0.2) is 45.7 Å². The fourth-order valence-corrected chi connectivity index (χ4v) is 8.18. The first kappa shape index (κ1) is 40.8. The van der Waals surface area contributed by atoms with E-state index in [9.17, 15) is 24.3 Å². The topological polar surface area (TPSA) is 146 Å². The number of carboxylic acids is 1. The predicted octanol–water partition coefficient (Wildman–Crippen LogP) is 8.74. The van der Waals surface area contributed by atoms with Crippen LogP contribution < -0.4 is 14.8 Å². The third kappa shape index (κ3) is 8.99. The number of Topliss-reactive ketones (excluding diaryl/α,β-unsaturated/α-hetero) is 1. The number of ether oxygens (including phenoxy) is 2. The van der Waals surface area contributed by atoms with Gasteiger partial charge in [0.25, 0.3) is 5.91 Å². The second kappa shape index (κ2) is 17.7. The van der Waals surface area contributed by atoms with Gasteiger partial charge in [0.2, 0.25) is 5.91 Å². The predicted molar refractivity (Wildman–Crippen MR) is 229 cm³/mol. The van der Waals surface area contributed by atoms with Crippen LogP contribution in [0.4, 0.5) is 0 Å². The molecule has 0 saturated heterocycles. The highest BCUT2D eigenvalue weighted by Gasteiger charge is 2.39. The minimum Gasteiger partial charge on any atom is -0.489 e. The molecule has 2 amide bonds. The number of hydrogen-bond acceptors (Lipinski definition) is 7. The second-order valence-corrected chi connectivity index (χ2v) is 15.8. The van der Waals surface area contributed by atoms with Crippen molar-refractivity contribution >= 4 is 46.8 Å². The van der Waals surface area contributed by atoms with Gasteiger partial charge < -0.3 is 24.8 Å². The SMILES string of the molecule is N#Cc1ccc(-c2ccc(C[C@H](NC(=O)[C@@H]3Cc4cc5c(cc4CN3C(=O)c3ccccc3)OC(c3ccc(OCc4c(Cl)cccc4Cl)cc3)C(=O)C5)C(=O)O)cc2)cc1. The van der Waals surface area contributed by atoms with Crippen LogP contribution in [0.5, 0.6) is 11.5 Å². The van der Waals surface area contributed by atoms with E-state index in [1.54, 1.807) is 97.1 Å². The van der Waals surface area contributed by atoms with E-state index in [0.29, 0.717) is 54.9 Å². The summed E-state index contributed by atoms with van der Waals surface area (Å²) in [5.41, 5.74) is 6.89. The van der Waals surface area contributed by atoms with Crippen molar-refractivity contribution in [3.8, 4) is 28.7 Å². The Hall–Kier alpha value is -6.93. The molecule has 61 heavy (non-hydrogen) atoms. The summed E-state index contributed by atoms with van der Waals surface area (Å²) in [7, 11) is 0. The average molecular weight is 851 g/mol. The quantitative estimate of drug-likeness (QED) is 0.132. The number of hydrogen-bond donors (Lipinski definition) is 2. The fourth-order valence-electron chi connectivity index (χ4n) is 7.67. The zero-order valence-electron chi connectivity index (χ0n) is 32.5. The van der Waals surface area contributed by atoms with Gasteiger partial charge in [0.05, 0.1) is 11.6 Å². The number of carbonyl (C=O) groups excluding carboxylic acids is 3. The van der Waals surface area contributed by atoms with E-state index in [1.807, 2.05) is 36.4 Å². The Morgan fingerprint density at radius 3 is 2.16 bits per heavy atom. The third-order valence-electron chi connectivity index (χ3n) is 11.0. The van der Waals surface area contributed by atoms with Gasteiger partial charge in [-0.3, -0.25) is 14.4 Å². The average Bonchev–Trinajstić information content (AvgIpc) is 3.28. The molecule has 6 aromatic rings. The summed E-state index contributed by atoms with van der Waals surface area (Å²) >= 11 is 12.6. The van der Waals surface area contributed by atoms with Crippen molar-refractivity contribution in [1.82, 2.24) is 10.2 Å². The third-order valence-corrected chi connectivity index (χ3v) is 11.7. The molecule has 2 N–H and O–H groups in total. The van der Waals surface area contributed by atoms with Crippen molar-refractivity contribution in [3.63, 3.8) is 0 Å². The minimum absolute atomic E-state index is 0.00592. The summed E-state index contributed by atoms with van der Waals surface area (Å²) in [4.78, 5) is 55.8. The lowest BCUT2D eigenvalue weighted by Gasteiger charge is -2.37. The zero-order valence-corrected chi connectivity index (χ0v) is 34.0. The van der Waals surface area contributed by atoms with Gasteiger partial charge in [0.1, 0.15) is 30.2 Å². The maximum Gasteiger partial charge on any atom is 0.326 e. The van der Waals surface area contributed by atoms with Gasteiger partial charge >= 0.3 is 5.97 Å². The number of rotatable bonds is 11. The molecule has 10 nitrogen and oxygen atoms in total. The number of ketones is 1. The van der Waals surface area contributed by atoms with Crippen LogP contribution in [0.2, 0.25) is 10.0 Å². The van der Waals surface area contributed by atoms with E-state index in [0.717, 1.165) is 22.3 Å². The van der Waals surface area contributed by atoms with E-state index in [4.69, 9.17) is 37.9 Å². The summed E-state index contributed by atoms with van der Waals surface area (Å²) in [6.07, 6.45) is -0.685. The molecule has 0 spiro atoms. The molecule has 0 aliphatic carbocycles. The molecule has 2 heterocycles. The van der Waals surface area contributed by atoms with E-state index in [-0.39, 0.29) is 44.1 Å². The van der Waals surface area contributed by atoms with Crippen molar-refractivity contribution in [2.75, 3.05) is 0 Å². The number of carboxylic acid groups (broad SMARTS) is 1. The molecule has 304 valence electrons. The monoisotopic (exact) mass is 849 g/mol. The lowest BCUT2D eigenvalue weighted by Crippen LogP contribution is -2.56. The molecule has 8 rings (SSSR count). The Labute approximate surface area is 361 Å². The molecule has 3 atom stereocenters. The van der Waals surface area contributed by atoms with E-state index in [1.165, 1.54) is 4.90 Å². The Morgan fingerprint density at radius 2 is 1.51 bits per heavy atom. The van der Waals surface area contributed by atoms with Crippen molar-refractivity contribution in [3.05, 3.63) is 188 Å². The van der Waals surface area contributed by atoms with Crippen LogP contribution in [0, 0.1) is 11.3 Å². The van der Waals surface area contributed by atoms with Crippen molar-refractivity contribution in [2.24, 2.45) is 0 Å². The molecule has 0 aromatic heterocycles. The maximum absolute atomic E-state index is 14.2. The van der Waals surface area contributed by atoms with E-state index < -0.39 is 30.1 Å². The van der Waals surface area contributed by atoms with Gasteiger partial charge in [-0.1, -0.05) is 102 Å². The van der Waals surface area contributed by atoms with Crippen LogP contribution >= 0.6 is 23.2 Å². The smallest absolute Gasteiger partial charge is 0.326 e. The summed E-state index contributed by atoms with van der Waals surface area (Å²) in [6, 6.07) is 38.8. The maximum atomic E-state index is 14.2. The van der Waals surface area contributed by atoms with Gasteiger partial charge in [-0.15, -0.1) is 0 Å². The molecular weight excluding hydrogens is 813 g/mol. The van der Waals surface area contributed by atoms with Crippen LogP contribution in [-0.2, 0) is 46.8 Å². The molecular formula is C49H37Cl2N3O7. The van der Waals surface area contributed by atoms with Crippen LogP contribution in [0.15, 0.2) is 133 Å². The number of nitrogens with one attached hydrogen (secondary N) is 1. The van der Waals surface area contributed by atoms with Gasteiger partial charge in [-0.05, 0) is 82.4 Å². The molecule has 0 saturated carbocycles. The Kier molecular flexibility index (Phi) is 11.9. The lowest BCUT2D eigenvalue weighted by atomic mass is 9.87. The number of benzene rings is 6. The molecule has 0 radical (unpaired) electrons. The summed E-state index contributed by atoms with van der Waals surface area (Å²) in [5.74, 6) is -1.30. The summed E-state index contributed by atoms with van der Waals surface area (Å²) in [6.45, 7) is 0.214. The van der Waals surface area contributed by atoms with Crippen LogP contribution in [0.1, 0.15) is 55.4 Å². The highest BCUT2D eigenvalue weighted by atomic mass is 35.5. The van der Waals surface area contributed by atoms with Crippen molar-refractivity contribution < 1.29 is 33.8 Å². The molecule has 2 aliphatic heterocycles. The van der Waals surface area contributed by atoms with Gasteiger partial charge in [-0.25, -0.2) is 4.79 Å². The number of aliphatic carboxylic acids is 1. The second-order valence-electron chi connectivity index (χ2n) is 14.9. The van der Waals surface area contributed by atoms with Gasteiger partial charge in [-0.2, -0.15) is 5.26 Å². The molecule has 1 unspecified atom stereocenters. The number of fused-ring (bicyclic) bond motifs is 2. The van der Waals surface area contributed by atoms with Crippen LogP contribution in [0.25, 0.3) is 11.1 Å².